The zero-order valence-corrected chi connectivity index (χ0v) is 17.4. The monoisotopic (exact) mass is 427 g/mol. The van der Waals surface area contributed by atoms with E-state index in [-0.39, 0.29) is 35.1 Å². The maximum atomic E-state index is 12.9. The average Bonchev–Trinajstić information content (AvgIpc) is 3.16. The Kier molecular flexibility index (Phi) is 5.87. The molecule has 30 heavy (non-hydrogen) atoms. The summed E-state index contributed by atoms with van der Waals surface area (Å²) in [5.74, 6) is -0.411. The second-order valence-electron chi connectivity index (χ2n) is 7.77. The number of amides is 2. The summed E-state index contributed by atoms with van der Waals surface area (Å²) in [6.45, 7) is 1.36. The third-order valence-electron chi connectivity index (χ3n) is 5.72. The van der Waals surface area contributed by atoms with E-state index in [1.54, 1.807) is 40.1 Å². The molecule has 2 aromatic carbocycles. The van der Waals surface area contributed by atoms with Crippen molar-refractivity contribution >= 4 is 27.5 Å². The molecule has 2 aliphatic heterocycles. The van der Waals surface area contributed by atoms with Crippen molar-refractivity contribution in [3.63, 3.8) is 0 Å². The lowest BCUT2D eigenvalue weighted by Crippen LogP contribution is -2.48. The first kappa shape index (κ1) is 20.6. The minimum absolute atomic E-state index is 0.0221. The Bertz CT molecular complexity index is 1000. The second kappa shape index (κ2) is 8.57. The van der Waals surface area contributed by atoms with Crippen molar-refractivity contribution < 1.29 is 18.0 Å². The van der Waals surface area contributed by atoms with Gasteiger partial charge >= 0.3 is 0 Å². The third kappa shape index (κ3) is 4.39. The minimum Gasteiger partial charge on any atom is -0.342 e. The van der Waals surface area contributed by atoms with Crippen molar-refractivity contribution in [1.82, 2.24) is 9.62 Å². The number of anilines is 1. The molecule has 4 rings (SSSR count). The maximum absolute atomic E-state index is 12.9. The van der Waals surface area contributed by atoms with Crippen LogP contribution in [0.1, 0.15) is 19.3 Å². The summed E-state index contributed by atoms with van der Waals surface area (Å²) in [4.78, 5) is 29.0. The normalized spacial score (nSPS) is 20.5. The van der Waals surface area contributed by atoms with Gasteiger partial charge in [0.15, 0.2) is 0 Å². The van der Waals surface area contributed by atoms with E-state index in [4.69, 9.17) is 0 Å². The number of carbonyl (C=O) groups is 2. The van der Waals surface area contributed by atoms with Gasteiger partial charge in [-0.3, -0.25) is 9.59 Å². The molecule has 2 heterocycles. The van der Waals surface area contributed by atoms with Gasteiger partial charge in [-0.2, -0.15) is 0 Å². The third-order valence-corrected chi connectivity index (χ3v) is 7.26. The first-order valence-electron chi connectivity index (χ1n) is 10.2. The fourth-order valence-corrected chi connectivity index (χ4v) is 5.42. The molecule has 0 bridgehead atoms. The van der Waals surface area contributed by atoms with Gasteiger partial charge in [-0.05, 0) is 37.1 Å². The second-order valence-corrected chi connectivity index (χ2v) is 9.49. The van der Waals surface area contributed by atoms with Crippen molar-refractivity contribution in [1.29, 1.82) is 0 Å². The highest BCUT2D eigenvalue weighted by molar-refractivity contribution is 7.89. The molecule has 0 aromatic heterocycles. The summed E-state index contributed by atoms with van der Waals surface area (Å²) in [5, 5.41) is 0. The number of carbonyl (C=O) groups excluding carboxylic acids is 2. The molecule has 8 heteroatoms. The van der Waals surface area contributed by atoms with Crippen LogP contribution in [0.3, 0.4) is 0 Å². The largest absolute Gasteiger partial charge is 0.342 e. The highest BCUT2D eigenvalue weighted by atomic mass is 32.2. The Morgan fingerprint density at radius 1 is 0.933 bits per heavy atom. The van der Waals surface area contributed by atoms with Gasteiger partial charge in [-0.1, -0.05) is 36.4 Å². The van der Waals surface area contributed by atoms with Gasteiger partial charge in [-0.25, -0.2) is 13.1 Å². The van der Waals surface area contributed by atoms with Crippen LogP contribution in [-0.2, 0) is 19.6 Å². The van der Waals surface area contributed by atoms with Crippen molar-refractivity contribution in [3.8, 4) is 0 Å². The number of piperidine rings is 1. The lowest BCUT2D eigenvalue weighted by atomic mass is 10.0. The molecule has 2 saturated heterocycles. The summed E-state index contributed by atoms with van der Waals surface area (Å²) in [5.41, 5.74) is 0.812. The number of benzene rings is 2. The Hall–Kier alpha value is -2.71. The molecule has 0 radical (unpaired) electrons. The molecule has 2 amide bonds. The van der Waals surface area contributed by atoms with Gasteiger partial charge in [0, 0.05) is 37.8 Å². The number of nitrogens with one attached hydrogen (secondary N) is 1. The predicted octanol–water partition coefficient (Wildman–Crippen LogP) is 2.01. The first-order chi connectivity index (χ1) is 14.4. The molecule has 1 N–H and O–H groups in total. The topological polar surface area (TPSA) is 86.8 Å². The number of para-hydroxylation sites is 1. The fourth-order valence-electron chi connectivity index (χ4n) is 4.09. The number of hydrogen-bond donors (Lipinski definition) is 1. The molecule has 0 aliphatic carbocycles. The van der Waals surface area contributed by atoms with E-state index in [0.29, 0.717) is 32.5 Å². The van der Waals surface area contributed by atoms with E-state index in [0.717, 1.165) is 5.69 Å². The summed E-state index contributed by atoms with van der Waals surface area (Å²) < 4.78 is 27.7. The molecule has 0 unspecified atom stereocenters. The fraction of sp³-hybridized carbons (Fsp3) is 0.364. The molecule has 2 aliphatic rings. The number of hydrogen-bond acceptors (Lipinski definition) is 4. The van der Waals surface area contributed by atoms with E-state index >= 15 is 0 Å². The van der Waals surface area contributed by atoms with E-state index in [9.17, 15) is 18.0 Å². The molecular formula is C22H25N3O4S. The summed E-state index contributed by atoms with van der Waals surface area (Å²) >= 11 is 0. The van der Waals surface area contributed by atoms with Crippen LogP contribution in [0.15, 0.2) is 65.6 Å². The van der Waals surface area contributed by atoms with Crippen molar-refractivity contribution in [2.45, 2.75) is 30.2 Å². The van der Waals surface area contributed by atoms with Crippen LogP contribution in [0.5, 0.6) is 0 Å². The van der Waals surface area contributed by atoms with E-state index in [1.165, 1.54) is 0 Å². The van der Waals surface area contributed by atoms with Gasteiger partial charge in [-0.15, -0.1) is 0 Å². The molecule has 2 aromatic rings. The standard InChI is InChI=1S/C22H25N3O4S/c26-21-15-17(16-25(21)19-7-3-1-4-8-19)22(27)24-13-11-18(12-14-24)23-30(28,29)20-9-5-2-6-10-20/h1-10,17-18,23H,11-16H2/t17-/m1/s1. The molecule has 0 saturated carbocycles. The Labute approximate surface area is 176 Å². The van der Waals surface area contributed by atoms with Gasteiger partial charge in [0.25, 0.3) is 0 Å². The van der Waals surface area contributed by atoms with Crippen LogP contribution in [0, 0.1) is 5.92 Å². The zero-order chi connectivity index (χ0) is 21.1. The number of sulfonamides is 1. The summed E-state index contributed by atoms with van der Waals surface area (Å²) in [6.07, 6.45) is 1.33. The molecular weight excluding hydrogens is 402 g/mol. The number of likely N-dealkylation sites (tertiary alicyclic amines) is 1. The van der Waals surface area contributed by atoms with Gasteiger partial charge < -0.3 is 9.80 Å². The maximum Gasteiger partial charge on any atom is 0.240 e. The zero-order valence-electron chi connectivity index (χ0n) is 16.6. The van der Waals surface area contributed by atoms with Gasteiger partial charge in [0.05, 0.1) is 10.8 Å². The molecule has 0 spiro atoms. The smallest absolute Gasteiger partial charge is 0.240 e. The minimum atomic E-state index is -3.56. The van der Waals surface area contributed by atoms with Gasteiger partial charge in [0.2, 0.25) is 21.8 Å². The SMILES string of the molecule is O=C([C@@H]1CC(=O)N(c2ccccc2)C1)N1CCC(NS(=O)(=O)c2ccccc2)CC1. The predicted molar refractivity (Wildman–Crippen MR) is 113 cm³/mol. The number of nitrogens with zero attached hydrogens (tertiary/aromatic N) is 2. The van der Waals surface area contributed by atoms with Crippen LogP contribution in [0.4, 0.5) is 5.69 Å². The Morgan fingerprint density at radius 3 is 2.17 bits per heavy atom. The molecule has 158 valence electrons. The average molecular weight is 428 g/mol. The van der Waals surface area contributed by atoms with Crippen molar-refractivity contribution in [3.05, 3.63) is 60.7 Å². The van der Waals surface area contributed by atoms with Crippen LogP contribution in [0.2, 0.25) is 0 Å². The van der Waals surface area contributed by atoms with Crippen LogP contribution >= 0.6 is 0 Å². The highest BCUT2D eigenvalue weighted by Gasteiger charge is 2.38. The molecule has 2 fully saturated rings. The molecule has 1 atom stereocenters. The van der Waals surface area contributed by atoms with Crippen LogP contribution < -0.4 is 9.62 Å². The first-order valence-corrected chi connectivity index (χ1v) is 11.6. The Morgan fingerprint density at radius 2 is 1.53 bits per heavy atom. The van der Waals surface area contributed by atoms with E-state index < -0.39 is 10.0 Å². The van der Waals surface area contributed by atoms with E-state index in [1.807, 2.05) is 30.3 Å². The van der Waals surface area contributed by atoms with E-state index in [2.05, 4.69) is 4.72 Å². The molecule has 7 nitrogen and oxygen atoms in total. The highest BCUT2D eigenvalue weighted by Crippen LogP contribution is 2.27. The summed E-state index contributed by atoms with van der Waals surface area (Å²) in [6, 6.07) is 17.5. The van der Waals surface area contributed by atoms with Crippen molar-refractivity contribution in [2.24, 2.45) is 5.92 Å². The lowest BCUT2D eigenvalue weighted by Gasteiger charge is -2.33. The number of rotatable bonds is 5. The quantitative estimate of drug-likeness (QED) is 0.791. The van der Waals surface area contributed by atoms with Gasteiger partial charge in [0.1, 0.15) is 0 Å². The van der Waals surface area contributed by atoms with Crippen LogP contribution in [-0.4, -0.2) is 50.8 Å². The van der Waals surface area contributed by atoms with Crippen LogP contribution in [0.25, 0.3) is 0 Å². The lowest BCUT2D eigenvalue weighted by molar-refractivity contribution is -0.136. The Balaban J connectivity index is 1.32. The van der Waals surface area contributed by atoms with Crippen molar-refractivity contribution in [2.75, 3.05) is 24.5 Å². The summed E-state index contributed by atoms with van der Waals surface area (Å²) in [7, 11) is -3.56.